The molecule has 28 heavy (non-hydrogen) atoms. The topological polar surface area (TPSA) is 56.2 Å². The summed E-state index contributed by atoms with van der Waals surface area (Å²) in [4.78, 5) is 12.6. The molecule has 0 spiro atoms. The molecule has 1 aromatic carbocycles. The highest BCUT2D eigenvalue weighted by Crippen LogP contribution is 2.29. The van der Waals surface area contributed by atoms with Gasteiger partial charge in [-0.25, -0.2) is 4.68 Å². The van der Waals surface area contributed by atoms with Crippen LogP contribution in [0.5, 0.6) is 5.75 Å². The molecule has 0 unspecified atom stereocenters. The van der Waals surface area contributed by atoms with E-state index < -0.39 is 0 Å². The summed E-state index contributed by atoms with van der Waals surface area (Å²) in [7, 11) is 0. The highest BCUT2D eigenvalue weighted by Gasteiger charge is 2.25. The summed E-state index contributed by atoms with van der Waals surface area (Å²) in [5.41, 5.74) is 5.10. The first kappa shape index (κ1) is 17.9. The fraction of sp³-hybridized carbons (Fsp3) is 0.565. The molecule has 1 saturated carbocycles. The number of aryl methyl sites for hydroxylation is 2. The molecule has 1 aromatic heterocycles. The molecule has 0 atom stereocenters. The van der Waals surface area contributed by atoms with Crippen molar-refractivity contribution in [2.75, 3.05) is 6.61 Å². The first-order valence-electron chi connectivity index (χ1n) is 10.9. The molecule has 2 heterocycles. The average molecular weight is 380 g/mol. The van der Waals surface area contributed by atoms with Crippen molar-refractivity contribution in [2.45, 2.75) is 76.4 Å². The van der Waals surface area contributed by atoms with Crippen molar-refractivity contribution in [3.8, 4) is 5.75 Å². The summed E-state index contributed by atoms with van der Waals surface area (Å²) in [6.45, 7) is 1.71. The predicted molar refractivity (Wildman–Crippen MR) is 109 cm³/mol. The Labute approximate surface area is 166 Å². The van der Waals surface area contributed by atoms with E-state index in [-0.39, 0.29) is 11.6 Å². The number of rotatable bonds is 4. The maximum Gasteiger partial charge on any atom is 0.267 e. The molecule has 0 saturated heterocycles. The summed E-state index contributed by atoms with van der Waals surface area (Å²) >= 11 is 0. The fourth-order valence-corrected chi connectivity index (χ4v) is 4.98. The summed E-state index contributed by atoms with van der Waals surface area (Å²) < 4.78 is 7.38. The molecule has 2 aromatic rings. The van der Waals surface area contributed by atoms with Crippen LogP contribution in [0.25, 0.3) is 0 Å². The van der Waals surface area contributed by atoms with Crippen LogP contribution in [0.2, 0.25) is 0 Å². The van der Waals surface area contributed by atoms with E-state index in [9.17, 15) is 4.79 Å². The Kier molecular flexibility index (Phi) is 4.93. The maximum atomic E-state index is 12.6. The van der Waals surface area contributed by atoms with E-state index in [0.29, 0.717) is 6.04 Å². The van der Waals surface area contributed by atoms with E-state index in [0.717, 1.165) is 69.5 Å². The van der Waals surface area contributed by atoms with Gasteiger partial charge in [0.25, 0.3) is 5.56 Å². The Morgan fingerprint density at radius 3 is 2.79 bits per heavy atom. The Morgan fingerprint density at radius 2 is 1.89 bits per heavy atom. The van der Waals surface area contributed by atoms with Crippen LogP contribution in [0.1, 0.15) is 67.0 Å². The molecule has 5 heteroatoms. The predicted octanol–water partition coefficient (Wildman–Crippen LogP) is 3.33. The van der Waals surface area contributed by atoms with Gasteiger partial charge in [0.1, 0.15) is 5.75 Å². The summed E-state index contributed by atoms with van der Waals surface area (Å²) in [6.07, 6.45) is 9.71. The van der Waals surface area contributed by atoms with Crippen LogP contribution >= 0.6 is 0 Å². The number of fused-ring (bicyclic) bond motifs is 2. The van der Waals surface area contributed by atoms with Crippen molar-refractivity contribution >= 4 is 0 Å². The van der Waals surface area contributed by atoms with Gasteiger partial charge in [0.15, 0.2) is 0 Å². The quantitative estimate of drug-likeness (QED) is 0.885. The van der Waals surface area contributed by atoms with Crippen LogP contribution in [0.4, 0.5) is 0 Å². The maximum absolute atomic E-state index is 12.6. The van der Waals surface area contributed by atoms with Gasteiger partial charge in [-0.1, -0.05) is 12.1 Å². The molecule has 148 valence electrons. The number of benzene rings is 1. The minimum absolute atomic E-state index is 0.0948. The first-order chi connectivity index (χ1) is 13.8. The second-order valence-corrected chi connectivity index (χ2v) is 8.53. The van der Waals surface area contributed by atoms with Crippen molar-refractivity contribution in [1.29, 1.82) is 0 Å². The smallest absolute Gasteiger partial charge is 0.267 e. The van der Waals surface area contributed by atoms with Gasteiger partial charge in [-0.3, -0.25) is 4.79 Å². The van der Waals surface area contributed by atoms with Crippen molar-refractivity contribution in [3.05, 3.63) is 57.0 Å². The van der Waals surface area contributed by atoms with E-state index in [1.165, 1.54) is 29.5 Å². The molecule has 0 bridgehead atoms. The number of hydrogen-bond donors (Lipinski definition) is 1. The first-order valence-corrected chi connectivity index (χ1v) is 10.9. The number of hydrogen-bond acceptors (Lipinski definition) is 4. The SMILES string of the molecule is O=c1cc2c(nn1C1CCC(NCc3ccc4c(c3)CCO4)CC1)CCCC2. The zero-order valence-corrected chi connectivity index (χ0v) is 16.5. The highest BCUT2D eigenvalue weighted by atomic mass is 16.5. The highest BCUT2D eigenvalue weighted by molar-refractivity contribution is 5.39. The Hall–Kier alpha value is -2.14. The average Bonchev–Trinajstić information content (AvgIpc) is 3.20. The number of nitrogens with one attached hydrogen (secondary N) is 1. The lowest BCUT2D eigenvalue weighted by molar-refractivity contribution is 0.266. The summed E-state index contributed by atoms with van der Waals surface area (Å²) in [5.74, 6) is 1.05. The van der Waals surface area contributed by atoms with Crippen molar-refractivity contribution < 1.29 is 4.74 Å². The molecular formula is C23H29N3O2. The molecule has 1 fully saturated rings. The van der Waals surface area contributed by atoms with E-state index >= 15 is 0 Å². The lowest BCUT2D eigenvalue weighted by Gasteiger charge is -2.30. The minimum atomic E-state index is 0.0948. The Morgan fingerprint density at radius 1 is 1.04 bits per heavy atom. The van der Waals surface area contributed by atoms with Gasteiger partial charge in [-0.15, -0.1) is 0 Å². The van der Waals surface area contributed by atoms with Gasteiger partial charge in [-0.05, 0) is 74.1 Å². The third-order valence-corrected chi connectivity index (χ3v) is 6.62. The van der Waals surface area contributed by atoms with Crippen LogP contribution in [0.15, 0.2) is 29.1 Å². The third-order valence-electron chi connectivity index (χ3n) is 6.62. The molecule has 5 rings (SSSR count). The van der Waals surface area contributed by atoms with Crippen molar-refractivity contribution in [2.24, 2.45) is 0 Å². The van der Waals surface area contributed by atoms with E-state index in [1.807, 2.05) is 6.07 Å². The van der Waals surface area contributed by atoms with E-state index in [1.54, 1.807) is 4.68 Å². The minimum Gasteiger partial charge on any atom is -0.493 e. The van der Waals surface area contributed by atoms with E-state index in [4.69, 9.17) is 9.84 Å². The summed E-state index contributed by atoms with van der Waals surface area (Å²) in [5, 5.41) is 8.48. The molecular weight excluding hydrogens is 350 g/mol. The number of ether oxygens (including phenoxy) is 1. The summed E-state index contributed by atoms with van der Waals surface area (Å²) in [6, 6.07) is 9.18. The lowest BCUT2D eigenvalue weighted by atomic mass is 9.90. The van der Waals surface area contributed by atoms with E-state index in [2.05, 4.69) is 23.5 Å². The lowest BCUT2D eigenvalue weighted by Crippen LogP contribution is -2.37. The Balaban J connectivity index is 1.18. The van der Waals surface area contributed by atoms with Gasteiger partial charge < -0.3 is 10.1 Å². The zero-order chi connectivity index (χ0) is 18.9. The molecule has 5 nitrogen and oxygen atoms in total. The van der Waals surface area contributed by atoms with Gasteiger partial charge >= 0.3 is 0 Å². The second-order valence-electron chi connectivity index (χ2n) is 8.53. The molecule has 1 aliphatic heterocycles. The third kappa shape index (κ3) is 3.60. The second kappa shape index (κ2) is 7.70. The van der Waals surface area contributed by atoms with Crippen LogP contribution < -0.4 is 15.6 Å². The van der Waals surface area contributed by atoms with Crippen LogP contribution in [-0.4, -0.2) is 22.4 Å². The van der Waals surface area contributed by atoms with Crippen LogP contribution in [0, 0.1) is 0 Å². The van der Waals surface area contributed by atoms with Gasteiger partial charge in [0.2, 0.25) is 0 Å². The number of aromatic nitrogens is 2. The monoisotopic (exact) mass is 379 g/mol. The van der Waals surface area contributed by atoms with Crippen LogP contribution in [0.3, 0.4) is 0 Å². The number of nitrogens with zero attached hydrogens (tertiary/aromatic N) is 2. The molecule has 2 aliphatic carbocycles. The van der Waals surface area contributed by atoms with Gasteiger partial charge in [0.05, 0.1) is 18.3 Å². The molecule has 3 aliphatic rings. The van der Waals surface area contributed by atoms with Crippen molar-refractivity contribution in [1.82, 2.24) is 15.1 Å². The molecule has 1 N–H and O–H groups in total. The van der Waals surface area contributed by atoms with Gasteiger partial charge in [-0.2, -0.15) is 5.10 Å². The largest absolute Gasteiger partial charge is 0.493 e. The van der Waals surface area contributed by atoms with Crippen molar-refractivity contribution in [3.63, 3.8) is 0 Å². The normalized spacial score (nSPS) is 23.7. The standard InChI is InChI=1S/C23H29N3O2/c27-23-14-17-3-1-2-4-21(17)25-26(23)20-8-6-19(7-9-20)24-15-16-5-10-22-18(13-16)11-12-28-22/h5,10,13-14,19-20,24H,1-4,6-9,11-12,15H2. The molecule has 0 amide bonds. The fourth-order valence-electron chi connectivity index (χ4n) is 4.98. The van der Waals surface area contributed by atoms with Crippen LogP contribution in [-0.2, 0) is 25.8 Å². The zero-order valence-electron chi connectivity index (χ0n) is 16.5. The molecule has 0 radical (unpaired) electrons. The van der Waals surface area contributed by atoms with Gasteiger partial charge in [0, 0.05) is 25.1 Å². The Bertz CT molecular complexity index is 913.